The third kappa shape index (κ3) is 3.84. The molecule has 1 aromatic carbocycles. The number of carbonyl (C=O) groups excluding carboxylic acids is 1. The summed E-state index contributed by atoms with van der Waals surface area (Å²) in [6.07, 6.45) is 0. The molecule has 1 atom stereocenters. The summed E-state index contributed by atoms with van der Waals surface area (Å²) in [6.45, 7) is 9.21. The Labute approximate surface area is 110 Å². The van der Waals surface area contributed by atoms with Gasteiger partial charge in [-0.2, -0.15) is 0 Å². The van der Waals surface area contributed by atoms with E-state index in [1.54, 1.807) is 0 Å². The molecule has 100 valence electrons. The zero-order valence-electron chi connectivity index (χ0n) is 11.8. The maximum Gasteiger partial charge on any atom is 0.224 e. The van der Waals surface area contributed by atoms with Gasteiger partial charge in [0.1, 0.15) is 0 Å². The Morgan fingerprint density at radius 2 is 2.00 bits per heavy atom. The lowest BCUT2D eigenvalue weighted by atomic mass is 9.98. The zero-order valence-corrected chi connectivity index (χ0v) is 11.8. The summed E-state index contributed by atoms with van der Waals surface area (Å²) in [6, 6.07) is 6.43. The van der Waals surface area contributed by atoms with Gasteiger partial charge in [-0.05, 0) is 29.5 Å². The fraction of sp³-hybridized carbons (Fsp3) is 0.533. The third-order valence-electron chi connectivity index (χ3n) is 3.29. The quantitative estimate of drug-likeness (QED) is 0.840. The lowest BCUT2D eigenvalue weighted by Gasteiger charge is -2.14. The van der Waals surface area contributed by atoms with Gasteiger partial charge in [0.15, 0.2) is 0 Å². The highest BCUT2D eigenvalue weighted by molar-refractivity contribution is 5.78. The summed E-state index contributed by atoms with van der Waals surface area (Å²) in [4.78, 5) is 11.7. The number of nitrogens with one attached hydrogen (secondary N) is 1. The molecule has 0 saturated carbocycles. The van der Waals surface area contributed by atoms with Gasteiger partial charge in [0.25, 0.3) is 0 Å². The van der Waals surface area contributed by atoms with E-state index in [0.717, 1.165) is 0 Å². The lowest BCUT2D eigenvalue weighted by Crippen LogP contribution is -2.32. The molecule has 0 aliphatic carbocycles. The molecule has 0 aliphatic heterocycles. The smallest absolute Gasteiger partial charge is 0.224 e. The predicted octanol–water partition coefficient (Wildman–Crippen LogP) is 2.33. The first-order valence-electron chi connectivity index (χ1n) is 6.53. The SMILES string of the molecule is Cc1ccc(C(C)C)cc1CNC(=O)C(C)CN. The van der Waals surface area contributed by atoms with Gasteiger partial charge in [0.05, 0.1) is 0 Å². The molecular weight excluding hydrogens is 224 g/mol. The molecule has 3 heteroatoms. The van der Waals surface area contributed by atoms with Crippen LogP contribution < -0.4 is 11.1 Å². The van der Waals surface area contributed by atoms with Crippen LogP contribution in [0, 0.1) is 12.8 Å². The first kappa shape index (κ1) is 14.7. The highest BCUT2D eigenvalue weighted by Gasteiger charge is 2.11. The van der Waals surface area contributed by atoms with Crippen LogP contribution in [0.25, 0.3) is 0 Å². The van der Waals surface area contributed by atoms with Crippen molar-refractivity contribution in [3.63, 3.8) is 0 Å². The lowest BCUT2D eigenvalue weighted by molar-refractivity contribution is -0.124. The van der Waals surface area contributed by atoms with Crippen LogP contribution in [0.5, 0.6) is 0 Å². The van der Waals surface area contributed by atoms with E-state index in [0.29, 0.717) is 19.0 Å². The first-order chi connectivity index (χ1) is 8.45. The second-order valence-corrected chi connectivity index (χ2v) is 5.20. The van der Waals surface area contributed by atoms with Gasteiger partial charge in [-0.25, -0.2) is 0 Å². The van der Waals surface area contributed by atoms with Crippen molar-refractivity contribution in [2.75, 3.05) is 6.54 Å². The maximum absolute atomic E-state index is 11.7. The second-order valence-electron chi connectivity index (χ2n) is 5.20. The number of hydrogen-bond acceptors (Lipinski definition) is 2. The fourth-order valence-electron chi connectivity index (χ4n) is 1.70. The number of nitrogens with two attached hydrogens (primary N) is 1. The molecule has 0 spiro atoms. The Morgan fingerprint density at radius 3 is 2.56 bits per heavy atom. The molecule has 1 unspecified atom stereocenters. The molecule has 3 N–H and O–H groups in total. The Balaban J connectivity index is 2.72. The molecule has 1 amide bonds. The van der Waals surface area contributed by atoms with E-state index in [1.807, 2.05) is 6.92 Å². The van der Waals surface area contributed by atoms with Gasteiger partial charge >= 0.3 is 0 Å². The molecule has 0 bridgehead atoms. The molecule has 0 saturated heterocycles. The normalized spacial score (nSPS) is 12.6. The molecule has 0 heterocycles. The first-order valence-corrected chi connectivity index (χ1v) is 6.53. The van der Waals surface area contributed by atoms with Crippen molar-refractivity contribution >= 4 is 5.91 Å². The maximum atomic E-state index is 11.7. The monoisotopic (exact) mass is 248 g/mol. The Morgan fingerprint density at radius 1 is 1.33 bits per heavy atom. The van der Waals surface area contributed by atoms with Crippen LogP contribution >= 0.6 is 0 Å². The largest absolute Gasteiger partial charge is 0.352 e. The summed E-state index contributed by atoms with van der Waals surface area (Å²) in [7, 11) is 0. The van der Waals surface area contributed by atoms with Crippen LogP contribution in [0.1, 0.15) is 43.4 Å². The molecule has 0 fully saturated rings. The molecule has 1 aromatic rings. The average molecular weight is 248 g/mol. The minimum absolute atomic E-state index is 0.0202. The van der Waals surface area contributed by atoms with Crippen molar-refractivity contribution < 1.29 is 4.79 Å². The molecule has 0 aliphatic rings. The summed E-state index contributed by atoms with van der Waals surface area (Å²) in [5.74, 6) is 0.397. The van der Waals surface area contributed by atoms with Crippen LogP contribution in [-0.2, 0) is 11.3 Å². The molecule has 18 heavy (non-hydrogen) atoms. The average Bonchev–Trinajstić information content (AvgIpc) is 2.36. The predicted molar refractivity (Wildman–Crippen MR) is 75.3 cm³/mol. The Kier molecular flexibility index (Phi) is 5.35. The van der Waals surface area contributed by atoms with Crippen LogP contribution in [0.4, 0.5) is 0 Å². The minimum atomic E-state index is -0.126. The fourth-order valence-corrected chi connectivity index (χ4v) is 1.70. The number of carbonyl (C=O) groups is 1. The van der Waals surface area contributed by atoms with E-state index in [1.165, 1.54) is 16.7 Å². The van der Waals surface area contributed by atoms with E-state index in [-0.39, 0.29) is 11.8 Å². The van der Waals surface area contributed by atoms with Crippen molar-refractivity contribution in [3.05, 3.63) is 34.9 Å². The van der Waals surface area contributed by atoms with Crippen molar-refractivity contribution in [1.82, 2.24) is 5.32 Å². The minimum Gasteiger partial charge on any atom is -0.352 e. The van der Waals surface area contributed by atoms with E-state index in [4.69, 9.17) is 5.73 Å². The van der Waals surface area contributed by atoms with Crippen LogP contribution in [0.15, 0.2) is 18.2 Å². The van der Waals surface area contributed by atoms with Crippen LogP contribution in [0.2, 0.25) is 0 Å². The molecule has 1 rings (SSSR count). The Hall–Kier alpha value is -1.35. The van der Waals surface area contributed by atoms with E-state index in [9.17, 15) is 4.79 Å². The van der Waals surface area contributed by atoms with Crippen LogP contribution in [0.3, 0.4) is 0 Å². The highest BCUT2D eigenvalue weighted by atomic mass is 16.1. The van der Waals surface area contributed by atoms with Crippen molar-refractivity contribution in [2.45, 2.75) is 40.2 Å². The topological polar surface area (TPSA) is 55.1 Å². The number of amides is 1. The highest BCUT2D eigenvalue weighted by Crippen LogP contribution is 2.18. The van der Waals surface area contributed by atoms with Gasteiger partial charge in [-0.15, -0.1) is 0 Å². The summed E-state index contributed by atoms with van der Waals surface area (Å²) in [5.41, 5.74) is 9.17. The van der Waals surface area contributed by atoms with Gasteiger partial charge < -0.3 is 11.1 Å². The van der Waals surface area contributed by atoms with Crippen molar-refractivity contribution in [1.29, 1.82) is 0 Å². The number of rotatable bonds is 5. The zero-order chi connectivity index (χ0) is 13.7. The van der Waals surface area contributed by atoms with E-state index < -0.39 is 0 Å². The summed E-state index contributed by atoms with van der Waals surface area (Å²) in [5, 5.41) is 2.94. The number of hydrogen-bond donors (Lipinski definition) is 2. The summed E-state index contributed by atoms with van der Waals surface area (Å²) < 4.78 is 0. The Bertz CT molecular complexity index is 413. The third-order valence-corrected chi connectivity index (χ3v) is 3.29. The second kappa shape index (κ2) is 6.55. The number of aryl methyl sites for hydroxylation is 1. The summed E-state index contributed by atoms with van der Waals surface area (Å²) >= 11 is 0. The van der Waals surface area contributed by atoms with Crippen molar-refractivity contribution in [2.24, 2.45) is 11.7 Å². The van der Waals surface area contributed by atoms with Crippen LogP contribution in [-0.4, -0.2) is 12.5 Å². The standard InChI is InChI=1S/C15H24N2O/c1-10(2)13-6-5-11(3)14(7-13)9-17-15(18)12(4)8-16/h5-7,10,12H,8-9,16H2,1-4H3,(H,17,18). The van der Waals surface area contributed by atoms with E-state index >= 15 is 0 Å². The van der Waals surface area contributed by atoms with Gasteiger partial charge in [0, 0.05) is 19.0 Å². The van der Waals surface area contributed by atoms with E-state index in [2.05, 4.69) is 44.3 Å². The molecule has 0 radical (unpaired) electrons. The van der Waals surface area contributed by atoms with Gasteiger partial charge in [0.2, 0.25) is 5.91 Å². The number of benzene rings is 1. The van der Waals surface area contributed by atoms with Crippen molar-refractivity contribution in [3.8, 4) is 0 Å². The molecular formula is C15H24N2O. The van der Waals surface area contributed by atoms with Gasteiger partial charge in [-0.3, -0.25) is 4.79 Å². The molecule has 0 aromatic heterocycles. The molecule has 3 nitrogen and oxygen atoms in total. The van der Waals surface area contributed by atoms with Gasteiger partial charge in [-0.1, -0.05) is 39.0 Å².